The minimum atomic E-state index is -5.49. The quantitative estimate of drug-likeness (QED) is 0.145. The summed E-state index contributed by atoms with van der Waals surface area (Å²) in [7, 11) is -3.52. The van der Waals surface area contributed by atoms with Gasteiger partial charge in [0.15, 0.2) is 11.6 Å². The molecule has 1 unspecified atom stereocenters. The lowest BCUT2D eigenvalue weighted by Crippen LogP contribution is -2.50. The van der Waals surface area contributed by atoms with Crippen molar-refractivity contribution in [2.75, 3.05) is 44.6 Å². The van der Waals surface area contributed by atoms with Crippen molar-refractivity contribution in [3.05, 3.63) is 135 Å². The van der Waals surface area contributed by atoms with Gasteiger partial charge < -0.3 is 24.5 Å². The monoisotopic (exact) mass is 777 g/mol. The molecule has 53 heavy (non-hydrogen) atoms. The molecule has 0 spiro atoms. The molecule has 0 aliphatic carbocycles. The Morgan fingerprint density at radius 2 is 1.74 bits per heavy atom. The Balaban J connectivity index is 1.63. The van der Waals surface area contributed by atoms with Crippen LogP contribution in [0.4, 0.5) is 27.6 Å². The Kier molecular flexibility index (Phi) is 5.56. The molecule has 4 aromatic rings. The van der Waals surface area contributed by atoms with E-state index in [1.807, 2.05) is 0 Å². The summed E-state index contributed by atoms with van der Waals surface area (Å²) in [4.78, 5) is 16.4. The van der Waals surface area contributed by atoms with E-state index in [2.05, 4.69) is 4.74 Å². The number of piperidine rings is 1. The van der Waals surface area contributed by atoms with Gasteiger partial charge in [-0.05, 0) is 66.7 Å². The van der Waals surface area contributed by atoms with Crippen molar-refractivity contribution in [1.29, 1.82) is 0 Å². The highest BCUT2D eigenvalue weighted by Gasteiger charge is 2.33. The van der Waals surface area contributed by atoms with Gasteiger partial charge in [-0.3, -0.25) is 4.79 Å². The van der Waals surface area contributed by atoms with Crippen molar-refractivity contribution >= 4 is 23.4 Å². The summed E-state index contributed by atoms with van der Waals surface area (Å²) >= 11 is 0.0409. The zero-order chi connectivity index (χ0) is 60.4. The first-order chi connectivity index (χ1) is 35.9. The van der Waals surface area contributed by atoms with Gasteiger partial charge in [0.25, 0.3) is 0 Å². The molecule has 2 heterocycles. The zero-order valence-corrected chi connectivity index (χ0v) is 27.9. The third kappa shape index (κ3) is 9.29. The SMILES string of the molecule is [2H]C1=C(SCc2c([2H])c([2H])c([2H])c(F)c2F)N(C([2H])([2H])C(=O)N(C2CCN(C([2H])([2H])C([2H])([2H])OC([2H])([2H])[2H])CC2)C([2H])([2H])c2c([2H])c([2H])c(-c3c([2H])c([2H])c(C(F)(F)F)c([2H])c3[2H])c([2H])c2[2H])c2c([2H])c([2H])c(C)c([2H])c2C1O. The van der Waals surface area contributed by atoms with Gasteiger partial charge in [-0.1, -0.05) is 66.0 Å². The zero-order valence-electron chi connectivity index (χ0n) is 53.1. The fourth-order valence-electron chi connectivity index (χ4n) is 5.07. The predicted molar refractivity (Wildman–Crippen MR) is 198 cm³/mol. The number of amides is 1. The molecule has 0 saturated carbocycles. The van der Waals surface area contributed by atoms with E-state index in [0.29, 0.717) is 4.90 Å². The van der Waals surface area contributed by atoms with Gasteiger partial charge in [0.1, 0.15) is 12.6 Å². The summed E-state index contributed by atoms with van der Waals surface area (Å²) in [5, 5.41) is 10.5. The van der Waals surface area contributed by atoms with E-state index < -0.39 is 235 Å². The number of alkyl halides is 3. The number of carbonyl (C=O) groups excluding carboxylic acids is 1. The lowest BCUT2D eigenvalue weighted by molar-refractivity contribution is -0.137. The molecule has 12 heteroatoms. The fraction of sp³-hybridized carbons (Fsp3) is 0.341. The molecule has 280 valence electrons. The minimum absolute atomic E-state index is 0.0409. The molecule has 1 fully saturated rings. The molecule has 1 N–H and O–H groups in total. The van der Waals surface area contributed by atoms with E-state index in [1.165, 1.54) is 0 Å². The second-order valence-electron chi connectivity index (χ2n) is 11.2. The first kappa shape index (κ1) is 17.5. The first-order valence-electron chi connectivity index (χ1n) is 28.3. The average molecular weight is 778 g/mol. The van der Waals surface area contributed by atoms with Crippen LogP contribution >= 0.6 is 11.8 Å². The third-order valence-electron chi connectivity index (χ3n) is 7.63. The van der Waals surface area contributed by atoms with Crippen molar-refractivity contribution in [2.24, 2.45) is 0 Å². The number of nitrogens with zero attached hydrogens (tertiary/aromatic N) is 3. The molecule has 1 atom stereocenters. The van der Waals surface area contributed by atoms with Crippen LogP contribution in [-0.4, -0.2) is 66.5 Å². The highest BCUT2D eigenvalue weighted by Crippen LogP contribution is 2.41. The molecule has 1 amide bonds. The number of thioether (sulfide) groups is 1. The van der Waals surface area contributed by atoms with Crippen LogP contribution in [0.25, 0.3) is 11.1 Å². The average Bonchev–Trinajstić information content (AvgIpc) is 3.37. The van der Waals surface area contributed by atoms with E-state index in [9.17, 15) is 28.2 Å². The molecule has 0 bridgehead atoms. The summed E-state index contributed by atoms with van der Waals surface area (Å²) in [6.45, 7) is -15.6. The predicted octanol–water partition coefficient (Wildman–Crippen LogP) is 8.73. The van der Waals surface area contributed by atoms with Gasteiger partial charge in [-0.15, -0.1) is 11.8 Å². The molecule has 2 aliphatic heterocycles. The molecule has 2 aliphatic rings. The van der Waals surface area contributed by atoms with E-state index >= 15 is 9.18 Å². The smallest absolute Gasteiger partial charge is 0.384 e. The molecule has 4 aromatic carbocycles. The molecule has 0 aromatic heterocycles. The number of ether oxygens (including phenoxy) is 1. The second kappa shape index (κ2) is 16.8. The standard InChI is InChI=1S/C41H42F5N3O3S/c1-27-6-15-36-34(22-27)37(50)23-39(53-26-31-4-3-5-35(42)40(31)43)49(36)25-38(51)48(33-16-18-47(19-17-33)20-21-52-2)24-28-7-9-29(10-8-28)30-11-13-32(14-12-30)41(44,45)46/h3-15,22-23,33,37,50H,16-21,24-26H2,1-2H3/i2D3,3D,4D,5D,6D,7D,8D,9D,10D,11D,12D,13D,14D,15D,20D2,21D2,22D,23D,24D2,25D2. The van der Waals surface area contributed by atoms with Gasteiger partial charge in [-0.2, -0.15) is 13.2 Å². The van der Waals surface area contributed by atoms with Crippen LogP contribution in [0.1, 0.15) is 82.4 Å². The molecular weight excluding hydrogens is 710 g/mol. The van der Waals surface area contributed by atoms with Crippen molar-refractivity contribution in [3.8, 4) is 11.1 Å². The molecule has 6 nitrogen and oxygen atoms in total. The van der Waals surface area contributed by atoms with Crippen LogP contribution in [0.2, 0.25) is 0 Å². The Morgan fingerprint density at radius 1 is 1.04 bits per heavy atom. The van der Waals surface area contributed by atoms with Crippen molar-refractivity contribution < 1.29 is 72.2 Å². The van der Waals surface area contributed by atoms with Gasteiger partial charge >= 0.3 is 6.18 Å². The molecule has 6 rings (SSSR count). The second-order valence-corrected chi connectivity index (χ2v) is 12.1. The molecule has 0 radical (unpaired) electrons. The number of hydrogen-bond acceptors (Lipinski definition) is 6. The lowest BCUT2D eigenvalue weighted by atomic mass is 9.99. The number of likely N-dealkylation sites (tertiary alicyclic amines) is 1. The fourth-order valence-corrected chi connectivity index (χ4v) is 6.01. The highest BCUT2D eigenvalue weighted by molar-refractivity contribution is 8.02. The van der Waals surface area contributed by atoms with Gasteiger partial charge in [0.2, 0.25) is 5.91 Å². The van der Waals surface area contributed by atoms with Crippen LogP contribution in [0.15, 0.2) is 95.7 Å². The summed E-state index contributed by atoms with van der Waals surface area (Å²) in [5.74, 6) is -7.10. The third-order valence-corrected chi connectivity index (χ3v) is 8.64. The highest BCUT2D eigenvalue weighted by atomic mass is 32.2. The summed E-state index contributed by atoms with van der Waals surface area (Å²) in [5.41, 5.74) is -9.22. The van der Waals surface area contributed by atoms with E-state index in [-0.39, 0.29) is 27.1 Å². The summed E-state index contributed by atoms with van der Waals surface area (Å²) < 4.78 is 299. The van der Waals surface area contributed by atoms with E-state index in [1.54, 1.807) is 0 Å². The van der Waals surface area contributed by atoms with Crippen LogP contribution in [0.3, 0.4) is 0 Å². The number of fused-ring (bicyclic) bond motifs is 1. The number of methoxy groups -OCH3 is 1. The number of anilines is 1. The van der Waals surface area contributed by atoms with Gasteiger partial charge in [0, 0.05) is 64.5 Å². The van der Waals surface area contributed by atoms with Crippen molar-refractivity contribution in [2.45, 2.75) is 50.3 Å². The molecular formula is C41H42F5N3O3S. The number of aliphatic hydroxyl groups excluding tert-OH is 1. The first-order valence-corrected chi connectivity index (χ1v) is 16.3. The van der Waals surface area contributed by atoms with E-state index in [4.69, 9.17) is 30.2 Å². The lowest BCUT2D eigenvalue weighted by Gasteiger charge is -2.40. The maximum Gasteiger partial charge on any atom is 0.416 e. The number of rotatable bonds is 12. The van der Waals surface area contributed by atoms with Crippen molar-refractivity contribution in [3.63, 3.8) is 0 Å². The normalized spacial score (nSPS) is 25.3. The number of carbonyl (C=O) groups is 1. The topological polar surface area (TPSA) is 56.3 Å². The number of aliphatic hydroxyl groups is 1. The number of hydrogen-bond donors (Lipinski definition) is 1. The largest absolute Gasteiger partial charge is 0.416 e. The van der Waals surface area contributed by atoms with Gasteiger partial charge in [0.05, 0.1) is 50.0 Å². The minimum Gasteiger partial charge on any atom is -0.384 e. The summed E-state index contributed by atoms with van der Waals surface area (Å²) in [6, 6.07) is -21.9. The van der Waals surface area contributed by atoms with Crippen LogP contribution in [0, 0.1) is 18.6 Å². The van der Waals surface area contributed by atoms with Crippen LogP contribution < -0.4 is 4.90 Å². The van der Waals surface area contributed by atoms with E-state index in [0.717, 1.165) is 6.92 Å². The Bertz CT molecular complexity index is 3140. The molecule has 1 saturated heterocycles. The van der Waals surface area contributed by atoms with Crippen LogP contribution in [0.5, 0.6) is 0 Å². The maximum absolute atomic E-state index is 15.7. The Morgan fingerprint density at radius 3 is 2.42 bits per heavy atom. The van der Waals surface area contributed by atoms with Crippen LogP contribution in [-0.2, 0) is 28.0 Å². The Hall–Kier alpha value is -4.23. The summed E-state index contributed by atoms with van der Waals surface area (Å²) in [6.07, 6.45) is -9.45. The van der Waals surface area contributed by atoms with Crippen molar-refractivity contribution in [1.82, 2.24) is 9.80 Å². The van der Waals surface area contributed by atoms with Gasteiger partial charge in [-0.25, -0.2) is 8.78 Å². The number of halogens is 5. The Labute approximate surface area is 347 Å². The maximum atomic E-state index is 15.7. The number of benzene rings is 4.